The van der Waals surface area contributed by atoms with E-state index in [0.717, 1.165) is 0 Å². The van der Waals surface area contributed by atoms with Gasteiger partial charge in [-0.3, -0.25) is 0 Å². The summed E-state index contributed by atoms with van der Waals surface area (Å²) < 4.78 is 9.22. The van der Waals surface area contributed by atoms with Crippen LogP contribution in [0.1, 0.15) is 0 Å². The highest BCUT2D eigenvalue weighted by Crippen LogP contribution is 2.24. The molecule has 2 atom stereocenters. The van der Waals surface area contributed by atoms with Crippen molar-refractivity contribution in [1.29, 1.82) is 0 Å². The van der Waals surface area contributed by atoms with E-state index in [1.807, 2.05) is 0 Å². The topological polar surface area (TPSA) is 35.5 Å². The van der Waals surface area contributed by atoms with Crippen molar-refractivity contribution in [2.24, 2.45) is 0 Å². The average molecular weight is 112 g/mol. The van der Waals surface area contributed by atoms with Crippen LogP contribution in [-0.4, -0.2) is 18.4 Å². The van der Waals surface area contributed by atoms with Gasteiger partial charge in [-0.25, -0.2) is 4.79 Å². The summed E-state index contributed by atoms with van der Waals surface area (Å²) in [6, 6.07) is 0. The van der Waals surface area contributed by atoms with E-state index in [1.54, 1.807) is 12.2 Å². The van der Waals surface area contributed by atoms with Gasteiger partial charge in [0.2, 0.25) is 0 Å². The molecule has 1 fully saturated rings. The quantitative estimate of drug-likeness (QED) is 0.337. The molecule has 0 saturated carbocycles. The first-order valence-corrected chi connectivity index (χ1v) is 2.42. The summed E-state index contributed by atoms with van der Waals surface area (Å²) in [5.41, 5.74) is 0. The van der Waals surface area contributed by atoms with E-state index in [4.69, 9.17) is 0 Å². The fraction of sp³-hybridized carbons (Fsp3) is 0.400. The molecule has 0 bridgehead atoms. The first-order chi connectivity index (χ1) is 3.86. The summed E-state index contributed by atoms with van der Waals surface area (Å²) >= 11 is 0. The molecular weight excluding hydrogens is 108 g/mol. The van der Waals surface area contributed by atoms with Gasteiger partial charge in [0.25, 0.3) is 0 Å². The third-order valence-corrected chi connectivity index (χ3v) is 1.28. The van der Waals surface area contributed by atoms with Crippen LogP contribution in [0.2, 0.25) is 0 Å². The van der Waals surface area contributed by atoms with Crippen LogP contribution in [0.15, 0.2) is 12.2 Å². The first-order valence-electron chi connectivity index (χ1n) is 2.42. The SMILES string of the molecule is O=C1O[C@H]2C=C[C@H]2O1. The number of carbonyl (C=O) groups excluding carboxylic acids is 1. The normalized spacial score (nSPS) is 39.8. The largest absolute Gasteiger partial charge is 0.509 e. The summed E-state index contributed by atoms with van der Waals surface area (Å²) in [4.78, 5) is 10.2. The molecule has 0 amide bonds. The summed E-state index contributed by atoms with van der Waals surface area (Å²) in [5, 5.41) is 0. The van der Waals surface area contributed by atoms with Gasteiger partial charge in [0.1, 0.15) is 0 Å². The molecule has 1 aliphatic heterocycles. The van der Waals surface area contributed by atoms with Gasteiger partial charge in [-0.15, -0.1) is 0 Å². The lowest BCUT2D eigenvalue weighted by Crippen LogP contribution is -2.25. The molecule has 0 spiro atoms. The zero-order chi connectivity index (χ0) is 5.56. The smallest absolute Gasteiger partial charge is 0.422 e. The number of carbonyl (C=O) groups is 1. The van der Waals surface area contributed by atoms with E-state index >= 15 is 0 Å². The Morgan fingerprint density at radius 2 is 1.75 bits per heavy atom. The molecule has 8 heavy (non-hydrogen) atoms. The molecule has 0 aromatic heterocycles. The molecule has 1 saturated heterocycles. The van der Waals surface area contributed by atoms with E-state index in [0.29, 0.717) is 0 Å². The highest BCUT2D eigenvalue weighted by molar-refractivity contribution is 5.64. The molecule has 42 valence electrons. The third kappa shape index (κ3) is 0.314. The number of rotatable bonds is 0. The molecule has 3 heteroatoms. The predicted molar refractivity (Wildman–Crippen MR) is 24.3 cm³/mol. The van der Waals surface area contributed by atoms with Crippen LogP contribution >= 0.6 is 0 Å². The van der Waals surface area contributed by atoms with Gasteiger partial charge in [0.15, 0.2) is 12.2 Å². The summed E-state index contributed by atoms with van der Waals surface area (Å²) in [6.07, 6.45) is 2.89. The first kappa shape index (κ1) is 3.95. The van der Waals surface area contributed by atoms with Crippen LogP contribution in [0.3, 0.4) is 0 Å². The highest BCUT2D eigenvalue weighted by atomic mass is 16.8. The fourth-order valence-electron chi connectivity index (χ4n) is 0.755. The average Bonchev–Trinajstić information content (AvgIpc) is 1.91. The number of hydrogen-bond acceptors (Lipinski definition) is 3. The predicted octanol–water partition coefficient (Wildman–Crippen LogP) is 0.460. The van der Waals surface area contributed by atoms with Gasteiger partial charge in [-0.2, -0.15) is 0 Å². The second-order valence-electron chi connectivity index (χ2n) is 1.80. The molecule has 2 rings (SSSR count). The van der Waals surface area contributed by atoms with E-state index in [2.05, 4.69) is 9.47 Å². The lowest BCUT2D eigenvalue weighted by molar-refractivity contribution is 0.124. The Morgan fingerprint density at radius 1 is 1.25 bits per heavy atom. The zero-order valence-electron chi connectivity index (χ0n) is 4.03. The second kappa shape index (κ2) is 1.05. The minimum Gasteiger partial charge on any atom is -0.422 e. The van der Waals surface area contributed by atoms with E-state index in [9.17, 15) is 4.79 Å². The summed E-state index contributed by atoms with van der Waals surface area (Å²) in [7, 11) is 0. The van der Waals surface area contributed by atoms with Gasteiger partial charge in [0, 0.05) is 0 Å². The number of hydrogen-bond donors (Lipinski definition) is 0. The van der Waals surface area contributed by atoms with Crippen molar-refractivity contribution < 1.29 is 14.3 Å². The molecule has 1 aliphatic carbocycles. The van der Waals surface area contributed by atoms with Crippen molar-refractivity contribution in [2.45, 2.75) is 12.2 Å². The van der Waals surface area contributed by atoms with Crippen molar-refractivity contribution in [2.75, 3.05) is 0 Å². The van der Waals surface area contributed by atoms with Gasteiger partial charge >= 0.3 is 6.16 Å². The lowest BCUT2D eigenvalue weighted by atomic mass is 10.0. The van der Waals surface area contributed by atoms with Crippen LogP contribution < -0.4 is 0 Å². The number of fused-ring (bicyclic) bond motifs is 1. The van der Waals surface area contributed by atoms with Crippen molar-refractivity contribution >= 4 is 6.16 Å². The Hall–Kier alpha value is -0.990. The minimum absolute atomic E-state index is 0.0810. The van der Waals surface area contributed by atoms with Crippen LogP contribution in [-0.2, 0) is 9.47 Å². The molecule has 3 nitrogen and oxygen atoms in total. The summed E-state index contributed by atoms with van der Waals surface area (Å²) in [5.74, 6) is 0. The molecule has 0 radical (unpaired) electrons. The Labute approximate surface area is 45.9 Å². The van der Waals surface area contributed by atoms with Gasteiger partial charge in [0.05, 0.1) is 0 Å². The van der Waals surface area contributed by atoms with Crippen molar-refractivity contribution in [3.8, 4) is 0 Å². The van der Waals surface area contributed by atoms with E-state index in [1.165, 1.54) is 0 Å². The Kier molecular flexibility index (Phi) is 0.516. The van der Waals surface area contributed by atoms with Gasteiger partial charge in [-0.05, 0) is 12.2 Å². The zero-order valence-corrected chi connectivity index (χ0v) is 4.03. The molecule has 2 aliphatic rings. The molecule has 1 heterocycles. The number of ether oxygens (including phenoxy) is 2. The Balaban J connectivity index is 2.20. The van der Waals surface area contributed by atoms with Crippen LogP contribution in [0.25, 0.3) is 0 Å². The van der Waals surface area contributed by atoms with Gasteiger partial charge < -0.3 is 9.47 Å². The fourth-order valence-corrected chi connectivity index (χ4v) is 0.755. The molecule has 0 aromatic carbocycles. The molecule has 0 N–H and O–H groups in total. The van der Waals surface area contributed by atoms with E-state index in [-0.39, 0.29) is 12.2 Å². The van der Waals surface area contributed by atoms with Crippen molar-refractivity contribution in [3.05, 3.63) is 12.2 Å². The molecule has 0 aromatic rings. The van der Waals surface area contributed by atoms with Gasteiger partial charge in [-0.1, -0.05) is 0 Å². The van der Waals surface area contributed by atoms with Crippen molar-refractivity contribution in [1.82, 2.24) is 0 Å². The highest BCUT2D eigenvalue weighted by Gasteiger charge is 2.38. The van der Waals surface area contributed by atoms with Crippen LogP contribution in [0.5, 0.6) is 0 Å². The van der Waals surface area contributed by atoms with Crippen molar-refractivity contribution in [3.63, 3.8) is 0 Å². The van der Waals surface area contributed by atoms with Crippen LogP contribution in [0.4, 0.5) is 4.79 Å². The Bertz CT molecular complexity index is 145. The maximum atomic E-state index is 10.2. The molecule has 0 unspecified atom stereocenters. The standard InChI is InChI=1S/C5H4O3/c6-5-7-3-1-2-4(3)8-5/h1-4H/t3-,4+. The lowest BCUT2D eigenvalue weighted by Gasteiger charge is -2.14. The monoisotopic (exact) mass is 112 g/mol. The second-order valence-corrected chi connectivity index (χ2v) is 1.80. The summed E-state index contributed by atoms with van der Waals surface area (Å²) in [6.45, 7) is 0. The van der Waals surface area contributed by atoms with E-state index < -0.39 is 6.16 Å². The maximum Gasteiger partial charge on any atom is 0.509 e. The minimum atomic E-state index is -0.551. The Morgan fingerprint density at radius 3 is 2.00 bits per heavy atom. The van der Waals surface area contributed by atoms with Crippen LogP contribution in [0, 0.1) is 0 Å². The maximum absolute atomic E-state index is 10.2. The third-order valence-electron chi connectivity index (χ3n) is 1.28. The molecular formula is C5H4O3.